The van der Waals surface area contributed by atoms with Crippen molar-refractivity contribution in [3.63, 3.8) is 0 Å². The molecule has 2 heterocycles. The van der Waals surface area contributed by atoms with E-state index in [1.165, 1.54) is 16.2 Å². The van der Waals surface area contributed by atoms with E-state index in [2.05, 4.69) is 31.0 Å². The molecule has 1 atom stereocenters. The molecule has 1 fully saturated rings. The number of aliphatic hydroxyl groups is 1. The SMILES string of the molecule is CCOc1ccc(/C(O)=C2/C(=O)C(=O)N(c3nnc(C)s3)C2c2ccc(C(C)(C)C)cc2)cc1. The van der Waals surface area contributed by atoms with Gasteiger partial charge in [0.15, 0.2) is 0 Å². The predicted octanol–water partition coefficient (Wildman–Crippen LogP) is 5.17. The molecule has 0 radical (unpaired) electrons. The smallest absolute Gasteiger partial charge is 0.301 e. The first-order chi connectivity index (χ1) is 16.1. The fourth-order valence-electron chi connectivity index (χ4n) is 3.93. The zero-order valence-corrected chi connectivity index (χ0v) is 20.6. The van der Waals surface area contributed by atoms with Crippen LogP contribution in [0.1, 0.15) is 55.4 Å². The summed E-state index contributed by atoms with van der Waals surface area (Å²) in [4.78, 5) is 27.7. The molecule has 0 bridgehead atoms. The van der Waals surface area contributed by atoms with Gasteiger partial charge in [-0.25, -0.2) is 0 Å². The summed E-state index contributed by atoms with van der Waals surface area (Å²) in [5.41, 5.74) is 2.20. The van der Waals surface area contributed by atoms with Crippen LogP contribution >= 0.6 is 11.3 Å². The minimum absolute atomic E-state index is 0.0190. The van der Waals surface area contributed by atoms with Crippen LogP contribution in [0.4, 0.5) is 5.13 Å². The Balaban J connectivity index is 1.87. The normalized spacial score (nSPS) is 17.9. The summed E-state index contributed by atoms with van der Waals surface area (Å²) >= 11 is 1.22. The summed E-state index contributed by atoms with van der Waals surface area (Å²) in [5, 5.41) is 20.3. The Hall–Kier alpha value is -3.52. The quantitative estimate of drug-likeness (QED) is 0.310. The van der Waals surface area contributed by atoms with Crippen molar-refractivity contribution in [2.24, 2.45) is 0 Å². The summed E-state index contributed by atoms with van der Waals surface area (Å²) in [5.74, 6) is -1.09. The number of aliphatic hydroxyl groups excluding tert-OH is 1. The second-order valence-corrected chi connectivity index (χ2v) is 10.3. The van der Waals surface area contributed by atoms with Crippen LogP contribution in [0.15, 0.2) is 54.1 Å². The van der Waals surface area contributed by atoms with Gasteiger partial charge in [-0.3, -0.25) is 14.5 Å². The molecule has 1 aromatic heterocycles. The summed E-state index contributed by atoms with van der Waals surface area (Å²) < 4.78 is 5.47. The van der Waals surface area contributed by atoms with Crippen molar-refractivity contribution in [1.29, 1.82) is 0 Å². The number of Topliss-reactive ketones (excluding diaryl/α,β-unsaturated/α-hetero) is 1. The summed E-state index contributed by atoms with van der Waals surface area (Å²) in [6, 6.07) is 13.7. The monoisotopic (exact) mass is 477 g/mol. The Morgan fingerprint density at radius 1 is 1.06 bits per heavy atom. The second kappa shape index (κ2) is 9.02. The molecule has 1 amide bonds. The van der Waals surface area contributed by atoms with E-state index >= 15 is 0 Å². The van der Waals surface area contributed by atoms with E-state index in [0.717, 1.165) is 5.56 Å². The molecule has 4 rings (SSSR count). The third kappa shape index (κ3) is 4.33. The van der Waals surface area contributed by atoms with Crippen molar-refractivity contribution in [2.45, 2.75) is 46.1 Å². The molecule has 176 valence electrons. The van der Waals surface area contributed by atoms with Crippen LogP contribution in [-0.2, 0) is 15.0 Å². The fourth-order valence-corrected chi connectivity index (χ4v) is 4.64. The van der Waals surface area contributed by atoms with Gasteiger partial charge in [0, 0.05) is 5.56 Å². The Morgan fingerprint density at radius 2 is 1.71 bits per heavy atom. The maximum atomic E-state index is 13.2. The molecule has 1 saturated heterocycles. The summed E-state index contributed by atoms with van der Waals surface area (Å²) in [7, 11) is 0. The highest BCUT2D eigenvalue weighted by Crippen LogP contribution is 2.43. The zero-order valence-electron chi connectivity index (χ0n) is 19.8. The Bertz CT molecular complexity index is 1250. The van der Waals surface area contributed by atoms with E-state index in [1.54, 1.807) is 31.2 Å². The Labute approximate surface area is 202 Å². The third-order valence-corrected chi connectivity index (χ3v) is 6.54. The Kier molecular flexibility index (Phi) is 6.27. The topological polar surface area (TPSA) is 92.6 Å². The van der Waals surface area contributed by atoms with Crippen LogP contribution in [0, 0.1) is 6.92 Å². The van der Waals surface area contributed by atoms with Gasteiger partial charge < -0.3 is 9.84 Å². The van der Waals surface area contributed by atoms with Crippen molar-refractivity contribution < 1.29 is 19.4 Å². The number of hydrogen-bond donors (Lipinski definition) is 1. The number of hydrogen-bond acceptors (Lipinski definition) is 7. The van der Waals surface area contributed by atoms with Gasteiger partial charge in [0.1, 0.15) is 16.5 Å². The van der Waals surface area contributed by atoms with Crippen LogP contribution in [-0.4, -0.2) is 33.6 Å². The van der Waals surface area contributed by atoms with Gasteiger partial charge in [-0.2, -0.15) is 0 Å². The highest BCUT2D eigenvalue weighted by Gasteiger charge is 2.48. The van der Waals surface area contributed by atoms with Crippen LogP contribution < -0.4 is 9.64 Å². The number of nitrogens with zero attached hydrogens (tertiary/aromatic N) is 3. The third-order valence-electron chi connectivity index (χ3n) is 5.70. The first-order valence-electron chi connectivity index (χ1n) is 11.1. The van der Waals surface area contributed by atoms with Crippen molar-refractivity contribution >= 4 is 33.9 Å². The first-order valence-corrected chi connectivity index (χ1v) is 11.9. The average molecular weight is 478 g/mol. The lowest BCUT2D eigenvalue weighted by atomic mass is 9.85. The number of aryl methyl sites for hydroxylation is 1. The fraction of sp³-hybridized carbons (Fsp3) is 0.308. The van der Waals surface area contributed by atoms with Gasteiger partial charge in [0.05, 0.1) is 18.2 Å². The van der Waals surface area contributed by atoms with Crippen LogP contribution in [0.3, 0.4) is 0 Å². The molecule has 34 heavy (non-hydrogen) atoms. The predicted molar refractivity (Wildman–Crippen MR) is 132 cm³/mol. The first kappa shape index (κ1) is 23.6. The number of ketones is 1. The van der Waals surface area contributed by atoms with Crippen LogP contribution in [0.25, 0.3) is 5.76 Å². The largest absolute Gasteiger partial charge is 0.507 e. The molecule has 7 nitrogen and oxygen atoms in total. The van der Waals surface area contributed by atoms with Crippen LogP contribution in [0.2, 0.25) is 0 Å². The van der Waals surface area contributed by atoms with E-state index in [9.17, 15) is 14.7 Å². The maximum Gasteiger partial charge on any atom is 0.301 e. The van der Waals surface area contributed by atoms with Gasteiger partial charge in [0.2, 0.25) is 5.13 Å². The van der Waals surface area contributed by atoms with E-state index in [4.69, 9.17) is 4.74 Å². The molecular weight excluding hydrogens is 450 g/mol. The summed E-state index contributed by atoms with van der Waals surface area (Å²) in [6.07, 6.45) is 0. The van der Waals surface area contributed by atoms with Crippen LogP contribution in [0.5, 0.6) is 5.75 Å². The van der Waals surface area contributed by atoms with Crippen molar-refractivity contribution in [3.05, 3.63) is 75.8 Å². The number of ether oxygens (including phenoxy) is 1. The van der Waals surface area contributed by atoms with Gasteiger partial charge in [-0.05, 0) is 54.7 Å². The highest BCUT2D eigenvalue weighted by molar-refractivity contribution is 7.15. The summed E-state index contributed by atoms with van der Waals surface area (Å²) in [6.45, 7) is 10.5. The van der Waals surface area contributed by atoms with Gasteiger partial charge in [-0.15, -0.1) is 10.2 Å². The second-order valence-electron chi connectivity index (χ2n) is 9.10. The number of carbonyl (C=O) groups is 2. The molecule has 8 heteroatoms. The number of benzene rings is 2. The van der Waals surface area contributed by atoms with Crippen molar-refractivity contribution in [1.82, 2.24) is 10.2 Å². The van der Waals surface area contributed by atoms with Gasteiger partial charge >= 0.3 is 5.91 Å². The molecule has 0 spiro atoms. The van der Waals surface area contributed by atoms with E-state index < -0.39 is 17.7 Å². The molecule has 1 N–H and O–H groups in total. The lowest BCUT2D eigenvalue weighted by molar-refractivity contribution is -0.132. The molecule has 0 aliphatic carbocycles. The molecule has 2 aromatic carbocycles. The molecule has 1 unspecified atom stereocenters. The van der Waals surface area contributed by atoms with E-state index in [-0.39, 0.29) is 16.7 Å². The molecule has 1 aliphatic rings. The molecule has 1 aliphatic heterocycles. The molecule has 3 aromatic rings. The number of rotatable bonds is 5. The van der Waals surface area contributed by atoms with Gasteiger partial charge in [0.25, 0.3) is 5.78 Å². The van der Waals surface area contributed by atoms with Crippen molar-refractivity contribution in [2.75, 3.05) is 11.5 Å². The number of aromatic nitrogens is 2. The van der Waals surface area contributed by atoms with E-state index in [0.29, 0.717) is 33.6 Å². The lowest BCUT2D eigenvalue weighted by Crippen LogP contribution is -2.29. The van der Waals surface area contributed by atoms with Gasteiger partial charge in [-0.1, -0.05) is 56.4 Å². The number of carbonyl (C=O) groups excluding carboxylic acids is 2. The molecular formula is C26H27N3O4S. The average Bonchev–Trinajstić information content (AvgIpc) is 3.34. The number of anilines is 1. The zero-order chi connectivity index (χ0) is 24.6. The Morgan fingerprint density at radius 3 is 2.24 bits per heavy atom. The minimum Gasteiger partial charge on any atom is -0.507 e. The van der Waals surface area contributed by atoms with E-state index in [1.807, 2.05) is 31.2 Å². The van der Waals surface area contributed by atoms with Crippen molar-refractivity contribution in [3.8, 4) is 5.75 Å². The molecule has 0 saturated carbocycles. The highest BCUT2D eigenvalue weighted by atomic mass is 32.1. The minimum atomic E-state index is -0.826. The lowest BCUT2D eigenvalue weighted by Gasteiger charge is -2.24. The standard InChI is InChI=1S/C26H27N3O4S/c1-6-33-19-13-9-17(10-14-19)22(30)20-21(16-7-11-18(12-8-16)26(3,4)5)29(24(32)23(20)31)25-28-27-15(2)34-25/h7-14,21,30H,6H2,1-5H3/b22-20-. The number of amides is 1. The maximum absolute atomic E-state index is 13.2.